The minimum Gasteiger partial charge on any atom is -0.306 e. The number of pyridine rings is 1. The number of fused-ring (bicyclic) bond motifs is 6. The number of carbonyl (C=O) groups excluding carboxylic acids is 2. The summed E-state index contributed by atoms with van der Waals surface area (Å²) in [6.45, 7) is 5.34. The second-order valence-electron chi connectivity index (χ2n) is 8.53. The maximum absolute atomic E-state index is 13.5. The van der Waals surface area contributed by atoms with Gasteiger partial charge < -0.3 is 4.90 Å². The molecule has 1 aromatic heterocycles. The van der Waals surface area contributed by atoms with Crippen LogP contribution in [0.5, 0.6) is 0 Å². The molecule has 31 heavy (non-hydrogen) atoms. The number of benzene rings is 1. The van der Waals surface area contributed by atoms with E-state index in [9.17, 15) is 23.3 Å². The summed E-state index contributed by atoms with van der Waals surface area (Å²) < 4.78 is 27.2. The van der Waals surface area contributed by atoms with Gasteiger partial charge in [-0.2, -0.15) is 9.57 Å². The Morgan fingerprint density at radius 2 is 1.97 bits per heavy atom. The average Bonchev–Trinajstić information content (AvgIpc) is 3.32. The van der Waals surface area contributed by atoms with Gasteiger partial charge in [-0.1, -0.05) is 6.92 Å². The largest absolute Gasteiger partial charge is 0.332 e. The topological polar surface area (TPSA) is 115 Å². The lowest BCUT2D eigenvalue weighted by Gasteiger charge is -2.34. The third-order valence-corrected chi connectivity index (χ3v) is 8.98. The van der Waals surface area contributed by atoms with Gasteiger partial charge in [0.1, 0.15) is 12.1 Å². The highest BCUT2D eigenvalue weighted by molar-refractivity contribution is 7.89. The third-order valence-electron chi connectivity index (χ3n) is 6.74. The van der Waals surface area contributed by atoms with Gasteiger partial charge in [0, 0.05) is 18.1 Å². The van der Waals surface area contributed by atoms with Gasteiger partial charge in [-0.15, -0.1) is 0 Å². The average molecular weight is 439 g/mol. The molecule has 0 N–H and O–H groups in total. The Balaban J connectivity index is 1.61. The molecular weight excluding hydrogens is 418 g/mol. The lowest BCUT2D eigenvalue weighted by molar-refractivity contribution is -0.120. The van der Waals surface area contributed by atoms with Crippen LogP contribution in [0.4, 0.5) is 10.5 Å². The lowest BCUT2D eigenvalue weighted by atomic mass is 9.99. The van der Waals surface area contributed by atoms with Crippen LogP contribution in [0, 0.1) is 17.2 Å². The molecule has 4 heterocycles. The molecule has 3 amide bonds. The van der Waals surface area contributed by atoms with Gasteiger partial charge in [0.15, 0.2) is 0 Å². The molecule has 4 atom stereocenters. The van der Waals surface area contributed by atoms with Crippen molar-refractivity contribution in [2.45, 2.75) is 44.1 Å². The van der Waals surface area contributed by atoms with Crippen LogP contribution in [-0.2, 0) is 14.8 Å². The van der Waals surface area contributed by atoms with Gasteiger partial charge >= 0.3 is 6.03 Å². The molecule has 1 aromatic carbocycles. The van der Waals surface area contributed by atoms with E-state index in [1.54, 1.807) is 49.2 Å². The summed E-state index contributed by atoms with van der Waals surface area (Å²) in [6, 6.07) is 6.36. The Kier molecular flexibility index (Phi) is 4.16. The number of piperazine rings is 1. The third kappa shape index (κ3) is 2.44. The summed E-state index contributed by atoms with van der Waals surface area (Å²) in [6.07, 6.45) is 1.55. The molecule has 160 valence electrons. The van der Waals surface area contributed by atoms with Gasteiger partial charge in [0.05, 0.1) is 34.1 Å². The van der Waals surface area contributed by atoms with Crippen molar-refractivity contribution in [2.24, 2.45) is 5.92 Å². The number of imide groups is 1. The van der Waals surface area contributed by atoms with Gasteiger partial charge in [-0.05, 0) is 44.0 Å². The van der Waals surface area contributed by atoms with Crippen LogP contribution in [0.3, 0.4) is 0 Å². The highest BCUT2D eigenvalue weighted by atomic mass is 32.2. The molecule has 3 unspecified atom stereocenters. The van der Waals surface area contributed by atoms with E-state index >= 15 is 0 Å². The van der Waals surface area contributed by atoms with Crippen LogP contribution in [0.2, 0.25) is 0 Å². The molecule has 0 aliphatic carbocycles. The Morgan fingerprint density at radius 3 is 2.65 bits per heavy atom. The number of anilines is 1. The first-order valence-corrected chi connectivity index (χ1v) is 11.6. The smallest absolute Gasteiger partial charge is 0.306 e. The minimum absolute atomic E-state index is 0.132. The molecule has 9 nitrogen and oxygen atoms in total. The predicted octanol–water partition coefficient (Wildman–Crippen LogP) is 1.68. The van der Waals surface area contributed by atoms with Crippen molar-refractivity contribution in [1.29, 1.82) is 5.26 Å². The highest BCUT2D eigenvalue weighted by Gasteiger charge is 2.67. The molecular formula is C21H21N5O4S. The summed E-state index contributed by atoms with van der Waals surface area (Å²) in [5, 5.41) is 9.29. The summed E-state index contributed by atoms with van der Waals surface area (Å²) in [5.74, 6) is -0.573. The molecule has 3 aliphatic heterocycles. The van der Waals surface area contributed by atoms with Crippen molar-refractivity contribution in [3.05, 3.63) is 36.0 Å². The van der Waals surface area contributed by atoms with Crippen molar-refractivity contribution >= 4 is 38.6 Å². The van der Waals surface area contributed by atoms with Gasteiger partial charge in [0.2, 0.25) is 10.0 Å². The number of amides is 3. The molecule has 0 saturated carbocycles. The molecule has 2 aromatic rings. The van der Waals surface area contributed by atoms with Crippen molar-refractivity contribution < 1.29 is 18.0 Å². The molecule has 3 aliphatic rings. The minimum atomic E-state index is -3.57. The van der Waals surface area contributed by atoms with Crippen molar-refractivity contribution in [1.82, 2.24) is 14.2 Å². The van der Waals surface area contributed by atoms with E-state index in [0.717, 1.165) is 4.90 Å². The normalized spacial score (nSPS) is 28.1. The highest BCUT2D eigenvalue weighted by Crippen LogP contribution is 2.47. The van der Waals surface area contributed by atoms with Crippen LogP contribution < -0.4 is 4.90 Å². The fourth-order valence-corrected chi connectivity index (χ4v) is 6.74. The van der Waals surface area contributed by atoms with E-state index in [1.165, 1.54) is 4.31 Å². The standard InChI is InChI=1S/C21H21N5O4S/c1-11(2)31(29,30)24-10-16-12(3)18(24)19-20(27)26(21(28)25(16)19)15-7-6-13(9-22)17-14(15)5-4-8-23-17/h4-8,11-12,16,18-19H,10H2,1-3H3/t12-,16?,18?,19?/m0/s1. The zero-order valence-corrected chi connectivity index (χ0v) is 18.1. The lowest BCUT2D eigenvalue weighted by Crippen LogP contribution is -2.56. The number of hydrogen-bond donors (Lipinski definition) is 0. The number of nitrogens with zero attached hydrogens (tertiary/aromatic N) is 5. The summed E-state index contributed by atoms with van der Waals surface area (Å²) in [5.41, 5.74) is 1.12. The molecule has 10 heteroatoms. The van der Waals surface area contributed by atoms with Crippen molar-refractivity contribution in [3.8, 4) is 6.07 Å². The van der Waals surface area contributed by atoms with E-state index in [4.69, 9.17) is 0 Å². The first kappa shape index (κ1) is 19.9. The van der Waals surface area contributed by atoms with Gasteiger partial charge in [0.25, 0.3) is 5.91 Å². The quantitative estimate of drug-likeness (QED) is 0.672. The fraction of sp³-hybridized carbons (Fsp3) is 0.429. The van der Waals surface area contributed by atoms with Crippen molar-refractivity contribution in [3.63, 3.8) is 0 Å². The number of hydrogen-bond acceptors (Lipinski definition) is 6. The first-order valence-electron chi connectivity index (χ1n) is 10.1. The fourth-order valence-electron chi connectivity index (χ4n) is 5.20. The zero-order chi connectivity index (χ0) is 22.2. The number of carbonyl (C=O) groups is 2. The summed E-state index contributed by atoms with van der Waals surface area (Å²) >= 11 is 0. The summed E-state index contributed by atoms with van der Waals surface area (Å²) in [7, 11) is -3.57. The van der Waals surface area contributed by atoms with Crippen molar-refractivity contribution in [2.75, 3.05) is 11.4 Å². The Morgan fingerprint density at radius 1 is 1.23 bits per heavy atom. The van der Waals surface area contributed by atoms with E-state index in [2.05, 4.69) is 11.1 Å². The first-order chi connectivity index (χ1) is 14.7. The second-order valence-corrected chi connectivity index (χ2v) is 11.0. The molecule has 0 radical (unpaired) electrons. The molecule has 2 bridgehead atoms. The number of urea groups is 1. The molecule has 5 rings (SSSR count). The van der Waals surface area contributed by atoms with Crippen LogP contribution in [0.25, 0.3) is 10.9 Å². The number of sulfonamides is 1. The monoisotopic (exact) mass is 439 g/mol. The predicted molar refractivity (Wildman–Crippen MR) is 112 cm³/mol. The van der Waals surface area contributed by atoms with E-state index in [0.29, 0.717) is 22.2 Å². The molecule has 3 fully saturated rings. The molecule has 0 spiro atoms. The van der Waals surface area contributed by atoms with Gasteiger partial charge in [-0.25, -0.2) is 18.1 Å². The maximum Gasteiger partial charge on any atom is 0.332 e. The van der Waals surface area contributed by atoms with E-state index in [1.807, 2.05) is 6.92 Å². The number of nitriles is 1. The van der Waals surface area contributed by atoms with Gasteiger partial charge in [-0.3, -0.25) is 9.78 Å². The zero-order valence-electron chi connectivity index (χ0n) is 17.3. The SMILES string of the molecule is CC(C)S(=O)(=O)N1CC2[C@H](C)C1C1C(=O)N(c3ccc(C#N)c4ncccc34)C(=O)N12. The van der Waals surface area contributed by atoms with Crippen LogP contribution in [0.1, 0.15) is 26.3 Å². The Labute approximate surface area is 179 Å². The van der Waals surface area contributed by atoms with Crippen LogP contribution in [-0.4, -0.2) is 64.5 Å². The number of rotatable bonds is 3. The number of aromatic nitrogens is 1. The molecule has 3 saturated heterocycles. The Bertz CT molecular complexity index is 1280. The second kappa shape index (κ2) is 6.48. The van der Waals surface area contributed by atoms with E-state index in [-0.39, 0.29) is 18.5 Å². The Hall–Kier alpha value is -3.03. The van der Waals surface area contributed by atoms with E-state index < -0.39 is 39.3 Å². The van der Waals surface area contributed by atoms with Crippen LogP contribution in [0.15, 0.2) is 30.5 Å². The maximum atomic E-state index is 13.5. The summed E-state index contributed by atoms with van der Waals surface area (Å²) in [4.78, 5) is 33.8. The van der Waals surface area contributed by atoms with Crippen LogP contribution >= 0.6 is 0 Å².